The molecule has 1 heterocycles. The van der Waals surface area contributed by atoms with Gasteiger partial charge in [0.1, 0.15) is 23.7 Å². The molecule has 0 aliphatic carbocycles. The van der Waals surface area contributed by atoms with Crippen LogP contribution in [0.25, 0.3) is 10.8 Å². The van der Waals surface area contributed by atoms with Gasteiger partial charge in [0.2, 0.25) is 11.8 Å². The third-order valence-electron chi connectivity index (χ3n) is 5.78. The third-order valence-corrected chi connectivity index (χ3v) is 5.78. The predicted molar refractivity (Wildman–Crippen MR) is 142 cm³/mol. The number of nitrogens with zero attached hydrogens (tertiary/aromatic N) is 3. The van der Waals surface area contributed by atoms with Gasteiger partial charge in [0.25, 0.3) is 0 Å². The topological polar surface area (TPSA) is 157 Å². The van der Waals surface area contributed by atoms with Gasteiger partial charge in [-0.1, -0.05) is 24.3 Å². The highest BCUT2D eigenvalue weighted by Gasteiger charge is 2.38. The van der Waals surface area contributed by atoms with Crippen LogP contribution in [0.1, 0.15) is 23.7 Å². The lowest BCUT2D eigenvalue weighted by Gasteiger charge is -2.16. The smallest absolute Gasteiger partial charge is 0.490 e. The second-order valence-corrected chi connectivity index (χ2v) is 8.91. The number of phenolic OH excluding ortho intramolecular Hbond substituents is 1. The molecule has 3 aromatic carbocycles. The second kappa shape index (κ2) is 13.3. The standard InChI is InChI=1S/C26H22FN5O3.C2HF3O2/c1-16(26(35)31-24-4-2-3-18-7-8-21(33)11-22(18)24)30-25(34)10-20-13-29-15-32(20)14-17-5-6-19(12-28)23(27)9-17;3-2(4,5)1(6)7/h2-9,11,13,15-16,33H,10,14H2,1H3,(H,30,34)(H,31,35);(H,6,7)/t16-;/m1./s1. The lowest BCUT2D eigenvalue weighted by Crippen LogP contribution is -2.42. The van der Waals surface area contributed by atoms with E-state index in [0.717, 1.165) is 5.39 Å². The van der Waals surface area contributed by atoms with Gasteiger partial charge in [0, 0.05) is 29.5 Å². The summed E-state index contributed by atoms with van der Waals surface area (Å²) in [4.78, 5) is 38.3. The normalized spacial score (nSPS) is 11.5. The summed E-state index contributed by atoms with van der Waals surface area (Å²) in [5, 5.41) is 32.8. The molecule has 42 heavy (non-hydrogen) atoms. The predicted octanol–water partition coefficient (Wildman–Crippen LogP) is 4.12. The third kappa shape index (κ3) is 8.28. The molecule has 0 saturated carbocycles. The van der Waals surface area contributed by atoms with Gasteiger partial charge in [-0.05, 0) is 48.2 Å². The number of carboxylic acids is 1. The minimum Gasteiger partial charge on any atom is -0.508 e. The number of carbonyl (C=O) groups excluding carboxylic acids is 2. The van der Waals surface area contributed by atoms with Crippen LogP contribution >= 0.6 is 0 Å². The fourth-order valence-electron chi connectivity index (χ4n) is 3.72. The molecule has 2 amide bonds. The molecule has 0 bridgehead atoms. The largest absolute Gasteiger partial charge is 0.508 e. The zero-order valence-electron chi connectivity index (χ0n) is 21.8. The first-order valence-corrected chi connectivity index (χ1v) is 12.1. The van der Waals surface area contributed by atoms with Crippen molar-refractivity contribution in [2.45, 2.75) is 32.1 Å². The summed E-state index contributed by atoms with van der Waals surface area (Å²) in [6, 6.07) is 15.6. The number of aliphatic carboxylic acids is 1. The molecule has 10 nitrogen and oxygen atoms in total. The molecule has 0 fully saturated rings. The van der Waals surface area contributed by atoms with Crippen LogP contribution in [0.5, 0.6) is 5.75 Å². The molecule has 0 aliphatic heterocycles. The monoisotopic (exact) mass is 585 g/mol. The average Bonchev–Trinajstić information content (AvgIpc) is 3.34. The van der Waals surface area contributed by atoms with Gasteiger partial charge < -0.3 is 25.4 Å². The van der Waals surface area contributed by atoms with Gasteiger partial charge in [-0.25, -0.2) is 14.2 Å². The van der Waals surface area contributed by atoms with E-state index >= 15 is 0 Å². The van der Waals surface area contributed by atoms with Gasteiger partial charge in [-0.3, -0.25) is 9.59 Å². The van der Waals surface area contributed by atoms with Crippen LogP contribution in [0.2, 0.25) is 0 Å². The number of alkyl halides is 3. The zero-order valence-corrected chi connectivity index (χ0v) is 21.8. The van der Waals surface area contributed by atoms with Crippen molar-refractivity contribution in [3.63, 3.8) is 0 Å². The van der Waals surface area contributed by atoms with Crippen LogP contribution in [-0.4, -0.2) is 49.8 Å². The van der Waals surface area contributed by atoms with E-state index in [-0.39, 0.29) is 30.2 Å². The Morgan fingerprint density at radius 3 is 2.48 bits per heavy atom. The summed E-state index contributed by atoms with van der Waals surface area (Å²) in [5.74, 6) is -4.06. The molecule has 1 atom stereocenters. The first-order valence-electron chi connectivity index (χ1n) is 12.1. The Morgan fingerprint density at radius 2 is 1.83 bits per heavy atom. The van der Waals surface area contributed by atoms with E-state index in [1.807, 2.05) is 6.07 Å². The molecule has 4 N–H and O–H groups in total. The van der Waals surface area contributed by atoms with Gasteiger partial charge in [0.05, 0.1) is 18.3 Å². The molecular weight excluding hydrogens is 562 g/mol. The van der Waals surface area contributed by atoms with Gasteiger partial charge in [0.15, 0.2) is 0 Å². The number of rotatable bonds is 7. The lowest BCUT2D eigenvalue weighted by atomic mass is 10.1. The molecule has 0 aliphatic rings. The van der Waals surface area contributed by atoms with E-state index in [2.05, 4.69) is 15.6 Å². The van der Waals surface area contributed by atoms with Crippen molar-refractivity contribution in [3.05, 3.63) is 89.8 Å². The van der Waals surface area contributed by atoms with Crippen molar-refractivity contribution in [2.75, 3.05) is 5.32 Å². The number of nitrogens with one attached hydrogen (secondary N) is 2. The summed E-state index contributed by atoms with van der Waals surface area (Å²) in [5.41, 5.74) is 1.70. The van der Waals surface area contributed by atoms with Crippen LogP contribution in [-0.2, 0) is 27.3 Å². The first-order chi connectivity index (χ1) is 19.8. The SMILES string of the molecule is C[C@@H](NC(=O)Cc1cncn1Cc1ccc(C#N)c(F)c1)C(=O)Nc1cccc2ccc(O)cc12.O=C(O)C(F)(F)F. The van der Waals surface area contributed by atoms with Gasteiger partial charge >= 0.3 is 12.1 Å². The Hall–Kier alpha value is -5.45. The van der Waals surface area contributed by atoms with Crippen LogP contribution in [0.3, 0.4) is 0 Å². The van der Waals surface area contributed by atoms with Crippen molar-refractivity contribution in [1.82, 2.24) is 14.9 Å². The molecule has 0 spiro atoms. The first kappa shape index (κ1) is 31.1. The van der Waals surface area contributed by atoms with Crippen molar-refractivity contribution in [1.29, 1.82) is 5.26 Å². The number of imidazole rings is 1. The number of aromatic nitrogens is 2. The molecule has 4 aromatic rings. The van der Waals surface area contributed by atoms with Crippen LogP contribution in [0, 0.1) is 17.1 Å². The Kier molecular flexibility index (Phi) is 9.82. The number of aromatic hydroxyl groups is 1. The zero-order chi connectivity index (χ0) is 31.0. The number of nitriles is 1. The maximum Gasteiger partial charge on any atom is 0.490 e. The van der Waals surface area contributed by atoms with E-state index in [0.29, 0.717) is 22.3 Å². The van der Waals surface area contributed by atoms with Crippen LogP contribution in [0.4, 0.5) is 23.2 Å². The molecule has 0 unspecified atom stereocenters. The number of anilines is 1. The molecule has 14 heteroatoms. The number of benzene rings is 3. The van der Waals surface area contributed by atoms with Crippen molar-refractivity contribution in [3.8, 4) is 11.8 Å². The minimum absolute atomic E-state index is 0.0292. The molecule has 218 valence electrons. The van der Waals surface area contributed by atoms with Crippen LogP contribution < -0.4 is 10.6 Å². The number of fused-ring (bicyclic) bond motifs is 1. The summed E-state index contributed by atoms with van der Waals surface area (Å²) in [6.45, 7) is 1.85. The second-order valence-electron chi connectivity index (χ2n) is 8.91. The summed E-state index contributed by atoms with van der Waals surface area (Å²) in [6.07, 6.45) is -2.05. The van der Waals surface area contributed by atoms with E-state index in [1.54, 1.807) is 54.0 Å². The maximum atomic E-state index is 13.9. The van der Waals surface area contributed by atoms with Crippen molar-refractivity contribution in [2.24, 2.45) is 0 Å². The minimum atomic E-state index is -5.08. The number of carboxylic acid groups (broad SMARTS) is 1. The lowest BCUT2D eigenvalue weighted by molar-refractivity contribution is -0.192. The van der Waals surface area contributed by atoms with E-state index in [1.165, 1.54) is 24.7 Å². The Bertz CT molecular complexity index is 1660. The highest BCUT2D eigenvalue weighted by Crippen LogP contribution is 2.27. The number of carbonyl (C=O) groups is 3. The molecular formula is C28H23F4N5O5. The van der Waals surface area contributed by atoms with Crippen molar-refractivity contribution < 1.29 is 42.2 Å². The Labute approximate surface area is 235 Å². The summed E-state index contributed by atoms with van der Waals surface area (Å²) < 4.78 is 47.3. The fraction of sp³-hybridized carbons (Fsp3) is 0.179. The van der Waals surface area contributed by atoms with Crippen LogP contribution in [0.15, 0.2) is 67.1 Å². The van der Waals surface area contributed by atoms with Crippen molar-refractivity contribution >= 4 is 34.2 Å². The maximum absolute atomic E-state index is 13.9. The van der Waals surface area contributed by atoms with E-state index in [9.17, 15) is 32.3 Å². The quantitative estimate of drug-likeness (QED) is 0.238. The average molecular weight is 586 g/mol. The number of hydrogen-bond acceptors (Lipinski definition) is 6. The number of halogens is 4. The highest BCUT2D eigenvalue weighted by molar-refractivity contribution is 6.04. The fourth-order valence-corrected chi connectivity index (χ4v) is 3.72. The molecule has 0 radical (unpaired) electrons. The number of amides is 2. The molecule has 4 rings (SSSR count). The Balaban J connectivity index is 0.000000616. The van der Waals surface area contributed by atoms with E-state index in [4.69, 9.17) is 15.2 Å². The summed E-state index contributed by atoms with van der Waals surface area (Å²) in [7, 11) is 0. The summed E-state index contributed by atoms with van der Waals surface area (Å²) >= 11 is 0. The highest BCUT2D eigenvalue weighted by atomic mass is 19.4. The van der Waals surface area contributed by atoms with E-state index < -0.39 is 29.9 Å². The Morgan fingerprint density at radius 1 is 1.12 bits per heavy atom. The van der Waals surface area contributed by atoms with Gasteiger partial charge in [-0.2, -0.15) is 18.4 Å². The molecule has 0 saturated heterocycles. The molecule has 1 aromatic heterocycles. The number of hydrogen-bond donors (Lipinski definition) is 4. The number of phenols is 1. The van der Waals surface area contributed by atoms with Gasteiger partial charge in [-0.15, -0.1) is 0 Å².